The third-order valence-corrected chi connectivity index (χ3v) is 5.93. The fraction of sp³-hybridized carbons (Fsp3) is 0. The number of benzene rings is 3. The third kappa shape index (κ3) is 2.95. The maximum Gasteiger partial charge on any atom is 0.232 e. The zero-order valence-electron chi connectivity index (χ0n) is 16.2. The van der Waals surface area contributed by atoms with Crippen LogP contribution in [0, 0.1) is 0 Å². The van der Waals surface area contributed by atoms with E-state index in [2.05, 4.69) is 38.1 Å². The lowest BCUT2D eigenvalue weighted by molar-refractivity contribution is 0.617. The van der Waals surface area contributed by atoms with Crippen molar-refractivity contribution in [1.82, 2.24) is 19.6 Å². The van der Waals surface area contributed by atoms with E-state index < -0.39 is 0 Å². The van der Waals surface area contributed by atoms with Gasteiger partial charge in [0.05, 0.1) is 5.39 Å². The van der Waals surface area contributed by atoms with Crippen LogP contribution in [0.15, 0.2) is 100 Å². The highest BCUT2D eigenvalue weighted by Crippen LogP contribution is 2.41. The summed E-state index contributed by atoms with van der Waals surface area (Å²) in [6.45, 7) is 0. The molecule has 3 aromatic heterocycles. The van der Waals surface area contributed by atoms with Crippen LogP contribution in [0.25, 0.3) is 50.6 Å². The van der Waals surface area contributed by atoms with Gasteiger partial charge < -0.3 is 4.42 Å². The van der Waals surface area contributed by atoms with Gasteiger partial charge in [-0.1, -0.05) is 88.7 Å². The number of nitrogens with zero attached hydrogens (tertiary/aromatic N) is 4. The molecule has 0 atom stereocenters. The van der Waals surface area contributed by atoms with E-state index in [0.29, 0.717) is 17.2 Å². The van der Waals surface area contributed by atoms with Gasteiger partial charge in [-0.25, -0.2) is 14.5 Å². The fourth-order valence-corrected chi connectivity index (χ4v) is 4.29. The summed E-state index contributed by atoms with van der Waals surface area (Å²) in [6, 6.07) is 28.2. The summed E-state index contributed by atoms with van der Waals surface area (Å²) in [4.78, 5) is 9.44. The molecule has 5 nitrogen and oxygen atoms in total. The molecule has 0 aliphatic heterocycles. The molecule has 3 heterocycles. The lowest BCUT2D eigenvalue weighted by Gasteiger charge is -2.03. The molecule has 0 N–H and O–H groups in total. The normalized spacial score (nSPS) is 11.4. The molecular formula is C25H15BrN4O. The summed E-state index contributed by atoms with van der Waals surface area (Å²) < 4.78 is 8.94. The second kappa shape index (κ2) is 7.18. The van der Waals surface area contributed by atoms with Gasteiger partial charge in [0, 0.05) is 21.2 Å². The summed E-state index contributed by atoms with van der Waals surface area (Å²) in [7, 11) is 0. The highest BCUT2D eigenvalue weighted by atomic mass is 79.9. The number of hydrogen-bond acceptors (Lipinski definition) is 4. The molecule has 0 aliphatic rings. The van der Waals surface area contributed by atoms with Crippen LogP contribution in [0.1, 0.15) is 0 Å². The Hall–Kier alpha value is -3.77. The first-order valence-electron chi connectivity index (χ1n) is 9.83. The summed E-state index contributed by atoms with van der Waals surface area (Å²) in [5.41, 5.74) is 5.17. The molecule has 0 saturated carbocycles. The van der Waals surface area contributed by atoms with Crippen LogP contribution in [0.4, 0.5) is 0 Å². The summed E-state index contributed by atoms with van der Waals surface area (Å²) in [5.74, 6) is 1.40. The number of aromatic nitrogens is 4. The van der Waals surface area contributed by atoms with Gasteiger partial charge in [-0.2, -0.15) is 0 Å². The van der Waals surface area contributed by atoms with Gasteiger partial charge in [-0.15, -0.1) is 5.10 Å². The predicted octanol–water partition coefficient (Wildman–Crippen LogP) is 6.63. The minimum atomic E-state index is 0.538. The monoisotopic (exact) mass is 466 g/mol. The average Bonchev–Trinajstić information content (AvgIpc) is 3.42. The topological polar surface area (TPSA) is 56.2 Å². The van der Waals surface area contributed by atoms with Crippen molar-refractivity contribution in [3.05, 3.63) is 95.7 Å². The molecule has 0 saturated heterocycles. The largest absolute Gasteiger partial charge is 0.437 e. The van der Waals surface area contributed by atoms with Crippen molar-refractivity contribution in [3.63, 3.8) is 0 Å². The van der Waals surface area contributed by atoms with Gasteiger partial charge in [0.15, 0.2) is 11.5 Å². The molecule has 6 rings (SSSR count). The quantitative estimate of drug-likeness (QED) is 0.293. The average molecular weight is 467 g/mol. The highest BCUT2D eigenvalue weighted by Gasteiger charge is 2.23. The van der Waals surface area contributed by atoms with E-state index in [1.54, 1.807) is 10.8 Å². The first-order valence-corrected chi connectivity index (χ1v) is 10.6. The zero-order valence-corrected chi connectivity index (χ0v) is 17.8. The number of halogens is 1. The molecule has 6 heteroatoms. The van der Waals surface area contributed by atoms with Crippen LogP contribution in [0.5, 0.6) is 0 Å². The van der Waals surface area contributed by atoms with E-state index in [9.17, 15) is 0 Å². The number of hydrogen-bond donors (Lipinski definition) is 0. The van der Waals surface area contributed by atoms with Crippen LogP contribution in [-0.4, -0.2) is 19.6 Å². The van der Waals surface area contributed by atoms with Crippen LogP contribution in [0.2, 0.25) is 0 Å². The van der Waals surface area contributed by atoms with E-state index in [0.717, 1.165) is 37.9 Å². The van der Waals surface area contributed by atoms with Crippen LogP contribution in [0.3, 0.4) is 0 Å². The van der Waals surface area contributed by atoms with Crippen LogP contribution < -0.4 is 0 Å². The molecule has 0 spiro atoms. The Morgan fingerprint density at radius 3 is 2.19 bits per heavy atom. The first kappa shape index (κ1) is 18.0. The first-order chi connectivity index (χ1) is 15.3. The summed E-state index contributed by atoms with van der Waals surface area (Å²) in [5, 5.41) is 5.53. The van der Waals surface area contributed by atoms with Crippen molar-refractivity contribution in [3.8, 4) is 33.8 Å². The smallest absolute Gasteiger partial charge is 0.232 e. The Morgan fingerprint density at radius 2 is 1.45 bits per heavy atom. The fourth-order valence-electron chi connectivity index (χ4n) is 3.83. The van der Waals surface area contributed by atoms with Crippen molar-refractivity contribution in [2.75, 3.05) is 0 Å². The maximum absolute atomic E-state index is 6.28. The van der Waals surface area contributed by atoms with E-state index in [1.165, 1.54) is 0 Å². The van der Waals surface area contributed by atoms with Crippen molar-refractivity contribution in [1.29, 1.82) is 0 Å². The number of furan rings is 1. The maximum atomic E-state index is 6.28. The minimum Gasteiger partial charge on any atom is -0.437 e. The van der Waals surface area contributed by atoms with Crippen molar-refractivity contribution < 1.29 is 4.42 Å². The van der Waals surface area contributed by atoms with Gasteiger partial charge in [0.25, 0.3) is 0 Å². The molecule has 0 aliphatic carbocycles. The van der Waals surface area contributed by atoms with Gasteiger partial charge in [-0.3, -0.25) is 0 Å². The Morgan fingerprint density at radius 1 is 0.774 bits per heavy atom. The van der Waals surface area contributed by atoms with Crippen molar-refractivity contribution in [2.45, 2.75) is 0 Å². The zero-order chi connectivity index (χ0) is 20.8. The lowest BCUT2D eigenvalue weighted by Crippen LogP contribution is -1.90. The van der Waals surface area contributed by atoms with Gasteiger partial charge in [0.2, 0.25) is 5.71 Å². The van der Waals surface area contributed by atoms with Crippen LogP contribution in [-0.2, 0) is 0 Å². The SMILES string of the molecule is Brc1ccccc1-c1nc2c3c(-c4ccccc4)c(-c4ccccc4)oc3ncn2n1. The molecule has 6 aromatic rings. The molecule has 0 amide bonds. The number of rotatable bonds is 3. The molecule has 0 unspecified atom stereocenters. The second-order valence-electron chi connectivity index (χ2n) is 7.15. The Kier molecular flexibility index (Phi) is 4.18. The highest BCUT2D eigenvalue weighted by molar-refractivity contribution is 9.10. The Bertz CT molecular complexity index is 1540. The van der Waals surface area contributed by atoms with Crippen molar-refractivity contribution in [2.24, 2.45) is 0 Å². The molecule has 0 radical (unpaired) electrons. The molecule has 0 fully saturated rings. The number of fused-ring (bicyclic) bond motifs is 3. The van der Waals surface area contributed by atoms with Gasteiger partial charge in [0.1, 0.15) is 12.1 Å². The van der Waals surface area contributed by atoms with E-state index in [1.807, 2.05) is 72.8 Å². The third-order valence-electron chi connectivity index (χ3n) is 5.24. The van der Waals surface area contributed by atoms with E-state index in [-0.39, 0.29) is 0 Å². The molecule has 3 aromatic carbocycles. The molecule has 31 heavy (non-hydrogen) atoms. The molecular weight excluding hydrogens is 452 g/mol. The minimum absolute atomic E-state index is 0.538. The summed E-state index contributed by atoms with van der Waals surface area (Å²) in [6.07, 6.45) is 1.65. The van der Waals surface area contributed by atoms with Crippen LogP contribution >= 0.6 is 15.9 Å². The Balaban J connectivity index is 1.70. The van der Waals surface area contributed by atoms with E-state index >= 15 is 0 Å². The summed E-state index contributed by atoms with van der Waals surface area (Å²) >= 11 is 3.60. The van der Waals surface area contributed by atoms with E-state index in [4.69, 9.17) is 9.40 Å². The molecule has 0 bridgehead atoms. The Labute approximate surface area is 186 Å². The van der Waals surface area contributed by atoms with Gasteiger partial charge >= 0.3 is 0 Å². The van der Waals surface area contributed by atoms with Gasteiger partial charge in [-0.05, 0) is 17.7 Å². The van der Waals surface area contributed by atoms with Crippen molar-refractivity contribution >= 4 is 32.7 Å². The standard InChI is InChI=1S/C25H15BrN4O/c26-19-14-8-7-13-18(19)23-28-24-21-20(16-9-3-1-4-10-16)22(17-11-5-2-6-12-17)31-25(21)27-15-30(24)29-23/h1-15H. The predicted molar refractivity (Wildman–Crippen MR) is 125 cm³/mol. The lowest BCUT2D eigenvalue weighted by atomic mass is 9.99. The second-order valence-corrected chi connectivity index (χ2v) is 8.00. The molecule has 148 valence electrons.